The molecule has 4 rings (SSSR count). The fourth-order valence-electron chi connectivity index (χ4n) is 4.51. The summed E-state index contributed by atoms with van der Waals surface area (Å²) in [5.41, 5.74) is 2.66. The van der Waals surface area contributed by atoms with Gasteiger partial charge in [-0.1, -0.05) is 30.3 Å². The van der Waals surface area contributed by atoms with Crippen molar-refractivity contribution in [3.05, 3.63) is 59.7 Å². The van der Waals surface area contributed by atoms with Crippen LogP contribution in [0.3, 0.4) is 0 Å². The SMILES string of the molecule is CN=C(NCC1CC1c1ccccc1)NC1CCN(Cc2cc(OC)cc(OC)c2)C1. The van der Waals surface area contributed by atoms with E-state index in [0.29, 0.717) is 17.9 Å². The lowest BCUT2D eigenvalue weighted by Crippen LogP contribution is -2.45. The predicted molar refractivity (Wildman–Crippen MR) is 125 cm³/mol. The third kappa shape index (κ3) is 5.70. The standard InChI is InChI=1S/C25H34N4O2/c1-26-25(27-15-20-13-24(20)19-7-5-4-6-8-19)28-21-9-10-29(17-21)16-18-11-22(30-2)14-23(12-18)31-3/h4-8,11-12,14,20-21,24H,9-10,13,15-17H2,1-3H3,(H2,26,27,28). The Kier molecular flexibility index (Phi) is 6.97. The van der Waals surface area contributed by atoms with Crippen LogP contribution in [0.1, 0.15) is 29.9 Å². The van der Waals surface area contributed by atoms with Gasteiger partial charge in [0.2, 0.25) is 0 Å². The summed E-state index contributed by atoms with van der Waals surface area (Å²) in [6.45, 7) is 3.92. The van der Waals surface area contributed by atoms with Crippen molar-refractivity contribution < 1.29 is 9.47 Å². The van der Waals surface area contributed by atoms with E-state index in [4.69, 9.17) is 9.47 Å². The molecule has 0 spiro atoms. The number of nitrogens with one attached hydrogen (secondary N) is 2. The highest BCUT2D eigenvalue weighted by Crippen LogP contribution is 2.46. The maximum atomic E-state index is 5.40. The van der Waals surface area contributed by atoms with E-state index in [-0.39, 0.29) is 0 Å². The van der Waals surface area contributed by atoms with Crippen molar-refractivity contribution in [3.8, 4) is 11.5 Å². The van der Waals surface area contributed by atoms with E-state index in [2.05, 4.69) is 63.0 Å². The Bertz CT molecular complexity index is 864. The van der Waals surface area contributed by atoms with Gasteiger partial charge in [-0.05, 0) is 47.9 Å². The van der Waals surface area contributed by atoms with Crippen LogP contribution in [0.25, 0.3) is 0 Å². The highest BCUT2D eigenvalue weighted by molar-refractivity contribution is 5.80. The van der Waals surface area contributed by atoms with E-state index in [9.17, 15) is 0 Å². The number of guanidine groups is 1. The molecule has 2 aromatic rings. The summed E-state index contributed by atoms with van der Waals surface area (Å²) in [6.07, 6.45) is 2.37. The second-order valence-corrected chi connectivity index (χ2v) is 8.55. The number of methoxy groups -OCH3 is 2. The van der Waals surface area contributed by atoms with E-state index >= 15 is 0 Å². The highest BCUT2D eigenvalue weighted by atomic mass is 16.5. The molecule has 2 aromatic carbocycles. The van der Waals surface area contributed by atoms with Crippen molar-refractivity contribution in [1.29, 1.82) is 0 Å². The third-order valence-electron chi connectivity index (χ3n) is 6.34. The molecule has 6 heteroatoms. The van der Waals surface area contributed by atoms with Crippen LogP contribution < -0.4 is 20.1 Å². The summed E-state index contributed by atoms with van der Waals surface area (Å²) in [5, 5.41) is 7.15. The molecule has 2 aliphatic rings. The second-order valence-electron chi connectivity index (χ2n) is 8.55. The molecular formula is C25H34N4O2. The van der Waals surface area contributed by atoms with Crippen molar-refractivity contribution in [2.24, 2.45) is 10.9 Å². The van der Waals surface area contributed by atoms with Crippen LogP contribution in [0, 0.1) is 5.92 Å². The molecule has 0 aromatic heterocycles. The zero-order valence-corrected chi connectivity index (χ0v) is 18.8. The first-order valence-corrected chi connectivity index (χ1v) is 11.1. The van der Waals surface area contributed by atoms with Gasteiger partial charge < -0.3 is 20.1 Å². The predicted octanol–water partition coefficient (Wildman–Crippen LogP) is 3.25. The van der Waals surface area contributed by atoms with Crippen LogP contribution in [0.15, 0.2) is 53.5 Å². The van der Waals surface area contributed by atoms with Crippen molar-refractivity contribution in [1.82, 2.24) is 15.5 Å². The van der Waals surface area contributed by atoms with E-state index in [1.807, 2.05) is 13.1 Å². The van der Waals surface area contributed by atoms with Crippen LogP contribution in [-0.4, -0.2) is 57.8 Å². The number of benzene rings is 2. The summed E-state index contributed by atoms with van der Waals surface area (Å²) < 4.78 is 10.8. The first kappa shape index (κ1) is 21.5. The van der Waals surface area contributed by atoms with Crippen LogP contribution in [0.5, 0.6) is 11.5 Å². The van der Waals surface area contributed by atoms with Crippen LogP contribution in [0.4, 0.5) is 0 Å². The van der Waals surface area contributed by atoms with Crippen LogP contribution >= 0.6 is 0 Å². The lowest BCUT2D eigenvalue weighted by atomic mass is 10.1. The minimum Gasteiger partial charge on any atom is -0.497 e. The maximum absolute atomic E-state index is 5.40. The Hall–Kier alpha value is -2.73. The van der Waals surface area contributed by atoms with E-state index < -0.39 is 0 Å². The van der Waals surface area contributed by atoms with Gasteiger partial charge in [0.15, 0.2) is 5.96 Å². The molecule has 166 valence electrons. The molecule has 3 unspecified atom stereocenters. The van der Waals surface area contributed by atoms with Gasteiger partial charge in [0.1, 0.15) is 11.5 Å². The van der Waals surface area contributed by atoms with Crippen molar-refractivity contribution in [3.63, 3.8) is 0 Å². The molecule has 31 heavy (non-hydrogen) atoms. The maximum Gasteiger partial charge on any atom is 0.191 e. The van der Waals surface area contributed by atoms with Gasteiger partial charge in [0.25, 0.3) is 0 Å². The third-order valence-corrected chi connectivity index (χ3v) is 6.34. The van der Waals surface area contributed by atoms with E-state index in [1.54, 1.807) is 14.2 Å². The monoisotopic (exact) mass is 422 g/mol. The van der Waals surface area contributed by atoms with Gasteiger partial charge in [-0.3, -0.25) is 9.89 Å². The van der Waals surface area contributed by atoms with E-state index in [1.165, 1.54) is 17.5 Å². The average molecular weight is 423 g/mol. The van der Waals surface area contributed by atoms with Gasteiger partial charge in [-0.2, -0.15) is 0 Å². The molecule has 1 heterocycles. The normalized spacial score (nSPS) is 23.5. The summed E-state index contributed by atoms with van der Waals surface area (Å²) >= 11 is 0. The summed E-state index contributed by atoms with van der Waals surface area (Å²) in [6, 6.07) is 17.3. The lowest BCUT2D eigenvalue weighted by molar-refractivity contribution is 0.321. The lowest BCUT2D eigenvalue weighted by Gasteiger charge is -2.19. The summed E-state index contributed by atoms with van der Waals surface area (Å²) in [7, 11) is 5.24. The Morgan fingerprint density at radius 2 is 1.84 bits per heavy atom. The quantitative estimate of drug-likeness (QED) is 0.505. The molecular weight excluding hydrogens is 388 g/mol. The largest absolute Gasteiger partial charge is 0.497 e. The number of ether oxygens (including phenoxy) is 2. The molecule has 1 aliphatic heterocycles. The first-order valence-electron chi connectivity index (χ1n) is 11.1. The van der Waals surface area contributed by atoms with Crippen molar-refractivity contribution in [2.45, 2.75) is 31.3 Å². The smallest absolute Gasteiger partial charge is 0.191 e. The molecule has 2 N–H and O–H groups in total. The Labute approximate surface area is 185 Å². The minimum absolute atomic E-state index is 0.405. The zero-order chi connectivity index (χ0) is 21.6. The topological polar surface area (TPSA) is 58.1 Å². The molecule has 1 saturated carbocycles. The fourth-order valence-corrected chi connectivity index (χ4v) is 4.51. The molecule has 1 saturated heterocycles. The molecule has 2 fully saturated rings. The molecule has 0 bridgehead atoms. The molecule has 3 atom stereocenters. The number of rotatable bonds is 8. The Morgan fingerprint density at radius 1 is 1.10 bits per heavy atom. The van der Waals surface area contributed by atoms with Gasteiger partial charge in [-0.25, -0.2) is 0 Å². The number of aliphatic imine (C=N–C) groups is 1. The number of hydrogen-bond donors (Lipinski definition) is 2. The number of nitrogens with zero attached hydrogens (tertiary/aromatic N) is 2. The average Bonchev–Trinajstić information content (AvgIpc) is 3.47. The van der Waals surface area contributed by atoms with Gasteiger partial charge >= 0.3 is 0 Å². The molecule has 0 amide bonds. The Balaban J connectivity index is 1.23. The summed E-state index contributed by atoms with van der Waals surface area (Å²) in [4.78, 5) is 6.91. The van der Waals surface area contributed by atoms with Gasteiger partial charge in [0.05, 0.1) is 14.2 Å². The van der Waals surface area contributed by atoms with Crippen LogP contribution in [0.2, 0.25) is 0 Å². The van der Waals surface area contributed by atoms with Crippen molar-refractivity contribution >= 4 is 5.96 Å². The Morgan fingerprint density at radius 3 is 2.52 bits per heavy atom. The molecule has 1 aliphatic carbocycles. The van der Waals surface area contributed by atoms with Crippen LogP contribution in [-0.2, 0) is 6.54 Å². The number of hydrogen-bond acceptors (Lipinski definition) is 4. The minimum atomic E-state index is 0.405. The van der Waals surface area contributed by atoms with E-state index in [0.717, 1.165) is 50.1 Å². The zero-order valence-electron chi connectivity index (χ0n) is 18.8. The van der Waals surface area contributed by atoms with Crippen molar-refractivity contribution in [2.75, 3.05) is 40.9 Å². The second kappa shape index (κ2) is 10.1. The number of likely N-dealkylation sites (tertiary alicyclic amines) is 1. The first-order chi connectivity index (χ1) is 15.2. The van der Waals surface area contributed by atoms with Gasteiger partial charge in [0, 0.05) is 45.3 Å². The molecule has 0 radical (unpaired) electrons. The molecule has 6 nitrogen and oxygen atoms in total. The summed E-state index contributed by atoms with van der Waals surface area (Å²) in [5.74, 6) is 3.97. The van der Waals surface area contributed by atoms with Gasteiger partial charge in [-0.15, -0.1) is 0 Å². The fraction of sp³-hybridized carbons (Fsp3) is 0.480. The highest BCUT2D eigenvalue weighted by Gasteiger charge is 2.38.